The van der Waals surface area contributed by atoms with Crippen LogP contribution in [0.5, 0.6) is 0 Å². The van der Waals surface area contributed by atoms with Gasteiger partial charge in [0.15, 0.2) is 0 Å². The van der Waals surface area contributed by atoms with Crippen LogP contribution in [-0.4, -0.2) is 17.6 Å². The standard InChI is InChI=1S/C16H19NO2/c18-11-5-7-13-6-4-10-15(12-13)17-16(19)14-8-2-1-3-9-14/h4,6,10,12,14,18H,1-3,8-9,11H2,(H,17,19). The molecule has 1 aromatic carbocycles. The summed E-state index contributed by atoms with van der Waals surface area (Å²) >= 11 is 0. The number of anilines is 1. The molecule has 0 saturated heterocycles. The molecule has 1 saturated carbocycles. The molecular formula is C16H19NO2. The number of carbonyl (C=O) groups excluding carboxylic acids is 1. The van der Waals surface area contributed by atoms with Crippen LogP contribution in [0.15, 0.2) is 24.3 Å². The van der Waals surface area contributed by atoms with E-state index in [1.54, 1.807) is 0 Å². The molecule has 1 aliphatic carbocycles. The maximum Gasteiger partial charge on any atom is 0.227 e. The lowest BCUT2D eigenvalue weighted by Crippen LogP contribution is -2.24. The second-order valence-corrected chi connectivity index (χ2v) is 4.86. The molecular weight excluding hydrogens is 238 g/mol. The molecule has 1 aliphatic rings. The predicted octanol–water partition coefficient (Wildman–Crippen LogP) is 2.55. The van der Waals surface area contributed by atoms with Crippen LogP contribution >= 0.6 is 0 Å². The van der Waals surface area contributed by atoms with Gasteiger partial charge in [-0.3, -0.25) is 4.79 Å². The third-order valence-electron chi connectivity index (χ3n) is 3.42. The number of rotatable bonds is 2. The minimum atomic E-state index is -0.154. The second kappa shape index (κ2) is 6.96. The van der Waals surface area contributed by atoms with E-state index in [4.69, 9.17) is 5.11 Å². The number of amides is 1. The second-order valence-electron chi connectivity index (χ2n) is 4.86. The Hall–Kier alpha value is -1.79. The highest BCUT2D eigenvalue weighted by Crippen LogP contribution is 2.25. The Morgan fingerprint density at radius 2 is 2.11 bits per heavy atom. The van der Waals surface area contributed by atoms with E-state index in [0.29, 0.717) is 0 Å². The summed E-state index contributed by atoms with van der Waals surface area (Å²) in [6.07, 6.45) is 5.54. The average molecular weight is 257 g/mol. The third kappa shape index (κ3) is 4.11. The largest absolute Gasteiger partial charge is 0.384 e. The first-order valence-corrected chi connectivity index (χ1v) is 6.80. The number of aliphatic hydroxyl groups is 1. The molecule has 19 heavy (non-hydrogen) atoms. The Morgan fingerprint density at radius 3 is 2.84 bits per heavy atom. The fraction of sp³-hybridized carbons (Fsp3) is 0.438. The smallest absolute Gasteiger partial charge is 0.227 e. The van der Waals surface area contributed by atoms with Gasteiger partial charge in [-0.2, -0.15) is 0 Å². The van der Waals surface area contributed by atoms with Gasteiger partial charge >= 0.3 is 0 Å². The Balaban J connectivity index is 1.99. The van der Waals surface area contributed by atoms with E-state index >= 15 is 0 Å². The van der Waals surface area contributed by atoms with Gasteiger partial charge in [-0.15, -0.1) is 0 Å². The summed E-state index contributed by atoms with van der Waals surface area (Å²) in [6, 6.07) is 7.42. The molecule has 0 unspecified atom stereocenters. The number of carbonyl (C=O) groups is 1. The zero-order chi connectivity index (χ0) is 13.5. The normalized spacial score (nSPS) is 15.4. The van der Waals surface area contributed by atoms with Crippen molar-refractivity contribution in [1.82, 2.24) is 0 Å². The molecule has 0 aliphatic heterocycles. The van der Waals surface area contributed by atoms with Gasteiger partial charge in [0, 0.05) is 17.2 Å². The Kier molecular flexibility index (Phi) is 5.00. The fourth-order valence-electron chi connectivity index (χ4n) is 2.43. The zero-order valence-electron chi connectivity index (χ0n) is 11.0. The molecule has 100 valence electrons. The quantitative estimate of drug-likeness (QED) is 0.800. The van der Waals surface area contributed by atoms with Crippen molar-refractivity contribution in [2.24, 2.45) is 5.92 Å². The van der Waals surface area contributed by atoms with Gasteiger partial charge in [0.1, 0.15) is 6.61 Å². The molecule has 2 rings (SSSR count). The fourth-order valence-corrected chi connectivity index (χ4v) is 2.43. The van der Waals surface area contributed by atoms with Crippen LogP contribution in [-0.2, 0) is 4.79 Å². The number of nitrogens with one attached hydrogen (secondary N) is 1. The van der Waals surface area contributed by atoms with Gasteiger partial charge < -0.3 is 10.4 Å². The van der Waals surface area contributed by atoms with Gasteiger partial charge in [-0.1, -0.05) is 37.2 Å². The number of hydrogen-bond donors (Lipinski definition) is 2. The lowest BCUT2D eigenvalue weighted by atomic mass is 9.88. The summed E-state index contributed by atoms with van der Waals surface area (Å²) in [5, 5.41) is 11.6. The van der Waals surface area contributed by atoms with E-state index in [2.05, 4.69) is 17.2 Å². The molecule has 3 heteroatoms. The molecule has 3 nitrogen and oxygen atoms in total. The van der Waals surface area contributed by atoms with Crippen LogP contribution in [0.4, 0.5) is 5.69 Å². The van der Waals surface area contributed by atoms with Crippen LogP contribution < -0.4 is 5.32 Å². The van der Waals surface area contributed by atoms with Crippen LogP contribution in [0, 0.1) is 17.8 Å². The predicted molar refractivity (Wildman–Crippen MR) is 75.6 cm³/mol. The molecule has 0 atom stereocenters. The van der Waals surface area contributed by atoms with Gasteiger partial charge in [-0.05, 0) is 31.0 Å². The highest BCUT2D eigenvalue weighted by atomic mass is 16.2. The number of aliphatic hydroxyl groups excluding tert-OH is 1. The molecule has 0 spiro atoms. The molecule has 0 heterocycles. The summed E-state index contributed by atoms with van der Waals surface area (Å²) in [6.45, 7) is -0.154. The van der Waals surface area contributed by atoms with Crippen molar-refractivity contribution < 1.29 is 9.90 Å². The van der Waals surface area contributed by atoms with Gasteiger partial charge in [-0.25, -0.2) is 0 Å². The Bertz CT molecular complexity index is 493. The lowest BCUT2D eigenvalue weighted by Gasteiger charge is -2.20. The molecule has 1 fully saturated rings. The summed E-state index contributed by atoms with van der Waals surface area (Å²) in [7, 11) is 0. The van der Waals surface area contributed by atoms with Crippen LogP contribution in [0.3, 0.4) is 0 Å². The van der Waals surface area contributed by atoms with Crippen LogP contribution in [0.1, 0.15) is 37.7 Å². The summed E-state index contributed by atoms with van der Waals surface area (Å²) in [4.78, 5) is 12.1. The van der Waals surface area contributed by atoms with Crippen molar-refractivity contribution in [3.63, 3.8) is 0 Å². The highest BCUT2D eigenvalue weighted by molar-refractivity contribution is 5.92. The van der Waals surface area contributed by atoms with Crippen molar-refractivity contribution in [2.45, 2.75) is 32.1 Å². The molecule has 0 aromatic heterocycles. The topological polar surface area (TPSA) is 49.3 Å². The Labute approximate surface area is 114 Å². The molecule has 0 bridgehead atoms. The number of benzene rings is 1. The summed E-state index contributed by atoms with van der Waals surface area (Å²) in [5.74, 6) is 5.71. The van der Waals surface area contributed by atoms with Crippen molar-refractivity contribution in [3.05, 3.63) is 29.8 Å². The van der Waals surface area contributed by atoms with E-state index in [1.807, 2.05) is 24.3 Å². The minimum Gasteiger partial charge on any atom is -0.384 e. The van der Waals surface area contributed by atoms with Crippen molar-refractivity contribution in [3.8, 4) is 11.8 Å². The first kappa shape index (κ1) is 13.6. The zero-order valence-corrected chi connectivity index (χ0v) is 11.0. The van der Waals surface area contributed by atoms with Gasteiger partial charge in [0.05, 0.1) is 0 Å². The van der Waals surface area contributed by atoms with E-state index in [1.165, 1.54) is 6.42 Å². The van der Waals surface area contributed by atoms with Crippen molar-refractivity contribution in [2.75, 3.05) is 11.9 Å². The van der Waals surface area contributed by atoms with Gasteiger partial charge in [0.25, 0.3) is 0 Å². The molecule has 0 radical (unpaired) electrons. The maximum atomic E-state index is 12.1. The van der Waals surface area contributed by atoms with Crippen LogP contribution in [0.25, 0.3) is 0 Å². The summed E-state index contributed by atoms with van der Waals surface area (Å²) in [5.41, 5.74) is 1.58. The van der Waals surface area contributed by atoms with Crippen LogP contribution in [0.2, 0.25) is 0 Å². The maximum absolute atomic E-state index is 12.1. The first-order chi connectivity index (χ1) is 9.29. The molecule has 1 aromatic rings. The van der Waals surface area contributed by atoms with E-state index in [0.717, 1.165) is 36.9 Å². The lowest BCUT2D eigenvalue weighted by molar-refractivity contribution is -0.120. The highest BCUT2D eigenvalue weighted by Gasteiger charge is 2.20. The molecule has 1 amide bonds. The van der Waals surface area contributed by atoms with E-state index in [9.17, 15) is 4.79 Å². The third-order valence-corrected chi connectivity index (χ3v) is 3.42. The molecule has 2 N–H and O–H groups in total. The monoisotopic (exact) mass is 257 g/mol. The van der Waals surface area contributed by atoms with Crippen molar-refractivity contribution in [1.29, 1.82) is 0 Å². The van der Waals surface area contributed by atoms with Gasteiger partial charge in [0.2, 0.25) is 5.91 Å². The van der Waals surface area contributed by atoms with E-state index in [-0.39, 0.29) is 18.4 Å². The average Bonchev–Trinajstić information content (AvgIpc) is 2.46. The SMILES string of the molecule is O=C(Nc1cccc(C#CCO)c1)C1CCCCC1. The first-order valence-electron chi connectivity index (χ1n) is 6.80. The summed E-state index contributed by atoms with van der Waals surface area (Å²) < 4.78 is 0. The Morgan fingerprint density at radius 1 is 1.32 bits per heavy atom. The minimum absolute atomic E-state index is 0.118. The van der Waals surface area contributed by atoms with Crippen molar-refractivity contribution >= 4 is 11.6 Å². The number of hydrogen-bond acceptors (Lipinski definition) is 2. The van der Waals surface area contributed by atoms with E-state index < -0.39 is 0 Å².